The van der Waals surface area contributed by atoms with Crippen LogP contribution in [0.15, 0.2) is 41.3 Å². The third-order valence-corrected chi connectivity index (χ3v) is 8.30. The molecule has 2 aliphatic rings. The Morgan fingerprint density at radius 1 is 1.11 bits per heavy atom. The van der Waals surface area contributed by atoms with Crippen LogP contribution >= 0.6 is 0 Å². The van der Waals surface area contributed by atoms with Gasteiger partial charge in [-0.15, -0.1) is 0 Å². The van der Waals surface area contributed by atoms with Crippen LogP contribution in [0, 0.1) is 18.6 Å². The number of amides is 1. The van der Waals surface area contributed by atoms with Crippen molar-refractivity contribution in [3.8, 4) is 11.3 Å². The summed E-state index contributed by atoms with van der Waals surface area (Å²) >= 11 is 0. The lowest BCUT2D eigenvalue weighted by molar-refractivity contribution is -0.118. The van der Waals surface area contributed by atoms with E-state index in [-0.39, 0.29) is 59.3 Å². The number of nitrogens with zero attached hydrogens (tertiary/aromatic N) is 3. The topological polar surface area (TPSA) is 82.6 Å². The molecule has 184 valence electrons. The minimum Gasteiger partial charge on any atom is -0.307 e. The second-order valence-electron chi connectivity index (χ2n) is 8.73. The first-order valence-corrected chi connectivity index (χ1v) is 12.7. The Morgan fingerprint density at radius 2 is 1.91 bits per heavy atom. The standard InChI is InChI=1S/C24H23F3N4O3S/c1-14-10-20(18-3-2-16(11-19(18)26)35(33,34)30-8-6-15(25)13-30)29-24-17(14)4-5-21(23(24)27)31-9-7-28-12-22(31)32/h2-5,10-11,15,28H,6-9,12-13H2,1H3/t15-/m0/s1. The predicted molar refractivity (Wildman–Crippen MR) is 125 cm³/mol. The minimum atomic E-state index is -4.04. The number of rotatable bonds is 4. The maximum absolute atomic E-state index is 15.5. The first-order valence-electron chi connectivity index (χ1n) is 11.2. The normalized spacial score (nSPS) is 19.6. The molecule has 7 nitrogen and oxygen atoms in total. The van der Waals surface area contributed by atoms with Gasteiger partial charge in [-0.3, -0.25) is 4.79 Å². The van der Waals surface area contributed by atoms with Crippen molar-refractivity contribution in [3.05, 3.63) is 53.6 Å². The molecule has 0 radical (unpaired) electrons. The van der Waals surface area contributed by atoms with Crippen molar-refractivity contribution in [1.29, 1.82) is 0 Å². The van der Waals surface area contributed by atoms with Gasteiger partial charge in [-0.05, 0) is 49.2 Å². The van der Waals surface area contributed by atoms with Crippen LogP contribution in [-0.2, 0) is 14.8 Å². The fourth-order valence-corrected chi connectivity index (χ4v) is 6.04. The maximum atomic E-state index is 15.5. The summed E-state index contributed by atoms with van der Waals surface area (Å²) in [7, 11) is -4.04. The highest BCUT2D eigenvalue weighted by molar-refractivity contribution is 7.89. The van der Waals surface area contributed by atoms with E-state index in [0.29, 0.717) is 24.0 Å². The van der Waals surface area contributed by atoms with Gasteiger partial charge in [-0.1, -0.05) is 6.07 Å². The van der Waals surface area contributed by atoms with E-state index >= 15 is 8.78 Å². The van der Waals surface area contributed by atoms with Crippen molar-refractivity contribution >= 4 is 32.5 Å². The monoisotopic (exact) mass is 504 g/mol. The smallest absolute Gasteiger partial charge is 0.243 e. The first kappa shape index (κ1) is 23.7. The SMILES string of the molecule is Cc1cc(-c2ccc(S(=O)(=O)N3CC[C@H](F)C3)cc2F)nc2c(F)c(N3CCNCC3=O)ccc12. The molecule has 5 rings (SSSR count). The zero-order valence-electron chi connectivity index (χ0n) is 18.9. The van der Waals surface area contributed by atoms with Gasteiger partial charge in [0.05, 0.1) is 22.8 Å². The number of benzene rings is 2. The van der Waals surface area contributed by atoms with E-state index in [4.69, 9.17) is 0 Å². The number of carbonyl (C=O) groups is 1. The molecule has 2 saturated heterocycles. The summed E-state index contributed by atoms with van der Waals surface area (Å²) in [6.07, 6.45) is -1.14. The highest BCUT2D eigenvalue weighted by Crippen LogP contribution is 2.33. The number of halogens is 3. The molecule has 2 aliphatic heterocycles. The average molecular weight is 505 g/mol. The van der Waals surface area contributed by atoms with Crippen molar-refractivity contribution in [1.82, 2.24) is 14.6 Å². The Balaban J connectivity index is 1.55. The van der Waals surface area contributed by atoms with E-state index in [0.717, 1.165) is 10.4 Å². The Hall–Kier alpha value is -3.02. The fourth-order valence-electron chi connectivity index (χ4n) is 4.54. The molecule has 11 heteroatoms. The van der Waals surface area contributed by atoms with Crippen LogP contribution in [0.2, 0.25) is 0 Å². The number of carbonyl (C=O) groups excluding carboxylic acids is 1. The molecular weight excluding hydrogens is 481 g/mol. The number of aromatic nitrogens is 1. The molecule has 1 aromatic heterocycles. The quantitative estimate of drug-likeness (QED) is 0.590. The average Bonchev–Trinajstić information content (AvgIpc) is 3.27. The molecule has 2 fully saturated rings. The summed E-state index contributed by atoms with van der Waals surface area (Å²) in [6.45, 7) is 2.46. The number of alkyl halides is 1. The third-order valence-electron chi connectivity index (χ3n) is 6.43. The van der Waals surface area contributed by atoms with Crippen LogP contribution in [0.3, 0.4) is 0 Å². The van der Waals surface area contributed by atoms with E-state index < -0.39 is 27.8 Å². The number of aryl methyl sites for hydroxylation is 1. The molecule has 1 atom stereocenters. The lowest BCUT2D eigenvalue weighted by atomic mass is 10.0. The molecule has 35 heavy (non-hydrogen) atoms. The number of pyridine rings is 1. The number of fused-ring (bicyclic) bond motifs is 1. The summed E-state index contributed by atoms with van der Waals surface area (Å²) in [5.41, 5.74) is 0.868. The van der Waals surface area contributed by atoms with Crippen LogP contribution in [-0.4, -0.2) is 62.5 Å². The van der Waals surface area contributed by atoms with Crippen LogP contribution in [0.4, 0.5) is 18.9 Å². The summed E-state index contributed by atoms with van der Waals surface area (Å²) in [5, 5.41) is 3.46. The third kappa shape index (κ3) is 4.17. The molecule has 0 saturated carbocycles. The predicted octanol–water partition coefficient (Wildman–Crippen LogP) is 3.16. The molecule has 1 amide bonds. The number of sulfonamides is 1. The highest BCUT2D eigenvalue weighted by atomic mass is 32.2. The zero-order chi connectivity index (χ0) is 24.9. The number of nitrogens with one attached hydrogen (secondary N) is 1. The van der Waals surface area contributed by atoms with Crippen molar-refractivity contribution in [2.45, 2.75) is 24.4 Å². The second kappa shape index (κ2) is 8.89. The fraction of sp³-hybridized carbons (Fsp3) is 0.333. The van der Waals surface area contributed by atoms with Crippen LogP contribution in [0.25, 0.3) is 22.2 Å². The number of anilines is 1. The molecule has 0 unspecified atom stereocenters. The lowest BCUT2D eigenvalue weighted by Crippen LogP contribution is -2.48. The summed E-state index contributed by atoms with van der Waals surface area (Å²) in [5.74, 6) is -1.79. The minimum absolute atomic E-state index is 0.00166. The molecule has 0 aliphatic carbocycles. The van der Waals surface area contributed by atoms with Gasteiger partial charge in [0.25, 0.3) is 0 Å². The number of hydrogen-bond donors (Lipinski definition) is 1. The number of piperazine rings is 1. The van der Waals surface area contributed by atoms with Gasteiger partial charge in [0.15, 0.2) is 5.82 Å². The van der Waals surface area contributed by atoms with Gasteiger partial charge in [-0.2, -0.15) is 4.31 Å². The van der Waals surface area contributed by atoms with Crippen LogP contribution in [0.5, 0.6) is 0 Å². The van der Waals surface area contributed by atoms with E-state index in [1.54, 1.807) is 19.1 Å². The zero-order valence-corrected chi connectivity index (χ0v) is 19.7. The Morgan fingerprint density at radius 3 is 2.60 bits per heavy atom. The van der Waals surface area contributed by atoms with Gasteiger partial charge in [0.1, 0.15) is 17.5 Å². The molecule has 3 heterocycles. The highest BCUT2D eigenvalue weighted by Gasteiger charge is 2.33. The largest absolute Gasteiger partial charge is 0.307 e. The van der Waals surface area contributed by atoms with Gasteiger partial charge in [0.2, 0.25) is 15.9 Å². The molecule has 0 bridgehead atoms. The Bertz CT molecular complexity index is 1450. The van der Waals surface area contributed by atoms with Crippen molar-refractivity contribution in [2.24, 2.45) is 0 Å². The summed E-state index contributed by atoms with van der Waals surface area (Å²) in [4.78, 5) is 17.7. The molecule has 3 aromatic rings. The van der Waals surface area contributed by atoms with E-state index in [1.807, 2.05) is 0 Å². The Labute approximate surface area is 200 Å². The second-order valence-corrected chi connectivity index (χ2v) is 10.7. The molecular formula is C24H23F3N4O3S. The molecule has 2 aromatic carbocycles. The lowest BCUT2D eigenvalue weighted by Gasteiger charge is -2.28. The van der Waals surface area contributed by atoms with Crippen molar-refractivity contribution in [3.63, 3.8) is 0 Å². The van der Waals surface area contributed by atoms with Gasteiger partial charge in [-0.25, -0.2) is 26.6 Å². The first-order chi connectivity index (χ1) is 16.7. The van der Waals surface area contributed by atoms with Crippen LogP contribution in [0.1, 0.15) is 12.0 Å². The maximum Gasteiger partial charge on any atom is 0.243 e. The number of hydrogen-bond acceptors (Lipinski definition) is 5. The van der Waals surface area contributed by atoms with Crippen molar-refractivity contribution < 1.29 is 26.4 Å². The van der Waals surface area contributed by atoms with E-state index in [2.05, 4.69) is 10.3 Å². The van der Waals surface area contributed by atoms with Crippen molar-refractivity contribution in [2.75, 3.05) is 37.6 Å². The summed E-state index contributed by atoms with van der Waals surface area (Å²) < 4.78 is 70.7. The van der Waals surface area contributed by atoms with Gasteiger partial charge in [0, 0.05) is 37.1 Å². The molecule has 0 spiro atoms. The molecule has 1 N–H and O–H groups in total. The van der Waals surface area contributed by atoms with E-state index in [9.17, 15) is 17.6 Å². The van der Waals surface area contributed by atoms with Crippen LogP contribution < -0.4 is 10.2 Å². The summed E-state index contributed by atoms with van der Waals surface area (Å²) in [6, 6.07) is 8.21. The Kier molecular flexibility index (Phi) is 6.02. The van der Waals surface area contributed by atoms with E-state index in [1.165, 1.54) is 23.1 Å². The van der Waals surface area contributed by atoms with Gasteiger partial charge < -0.3 is 10.2 Å². The van der Waals surface area contributed by atoms with Gasteiger partial charge >= 0.3 is 0 Å².